The van der Waals surface area contributed by atoms with Gasteiger partial charge in [-0.05, 0) is 55.4 Å². The molecule has 0 aliphatic carbocycles. The van der Waals surface area contributed by atoms with Gasteiger partial charge < -0.3 is 36.6 Å². The van der Waals surface area contributed by atoms with Crippen molar-refractivity contribution >= 4 is 41.4 Å². The van der Waals surface area contributed by atoms with Crippen molar-refractivity contribution in [1.82, 2.24) is 15.5 Å². The average Bonchev–Trinajstić information content (AvgIpc) is 3.35. The van der Waals surface area contributed by atoms with E-state index in [9.17, 15) is 34.2 Å². The van der Waals surface area contributed by atoms with Crippen LogP contribution in [0.2, 0.25) is 0 Å². The zero-order valence-electron chi connectivity index (χ0n) is 20.6. The average molecular weight is 539 g/mol. The molecule has 1 aliphatic rings. The molecule has 1 aliphatic heterocycles. The van der Waals surface area contributed by atoms with E-state index in [0.717, 1.165) is 0 Å². The number of phenols is 1. The third-order valence-corrected chi connectivity index (χ3v) is 6.71. The fourth-order valence-electron chi connectivity index (χ4n) is 4.02. The highest BCUT2D eigenvalue weighted by molar-refractivity contribution is 7.98. The summed E-state index contributed by atoms with van der Waals surface area (Å²) in [6.07, 6.45) is 2.33. The largest absolute Gasteiger partial charge is 0.508 e. The maximum absolute atomic E-state index is 13.4. The number of likely N-dealkylation sites (tertiary alicyclic amines) is 1. The van der Waals surface area contributed by atoms with E-state index in [4.69, 9.17) is 10.8 Å². The lowest BCUT2D eigenvalue weighted by molar-refractivity contribution is -0.149. The van der Waals surface area contributed by atoms with Gasteiger partial charge in [0.2, 0.25) is 17.7 Å². The first-order chi connectivity index (χ1) is 17.5. The Morgan fingerprint density at radius 3 is 2.30 bits per heavy atom. The number of amides is 3. The standard InChI is InChI=1S/C24H34N4O8S/c1-37-12-10-16(25)21(32)26-17(8-9-20(30)31)22(33)27-18(13-14-4-6-15(29)7-5-14)23(34)28-11-2-3-19(28)24(35)36/h4-7,16-19,29H,2-3,8-13,25H2,1H3,(H,26,32)(H,27,33)(H,30,31)(H,35,36). The van der Waals surface area contributed by atoms with Gasteiger partial charge in [0.1, 0.15) is 23.9 Å². The Bertz CT molecular complexity index is 974. The lowest BCUT2D eigenvalue weighted by Gasteiger charge is -2.29. The van der Waals surface area contributed by atoms with Gasteiger partial charge >= 0.3 is 11.9 Å². The summed E-state index contributed by atoms with van der Waals surface area (Å²) in [6.45, 7) is 0.210. The van der Waals surface area contributed by atoms with E-state index in [-0.39, 0.29) is 31.6 Å². The number of hydrogen-bond donors (Lipinski definition) is 6. The van der Waals surface area contributed by atoms with Crippen LogP contribution in [0.4, 0.5) is 0 Å². The minimum Gasteiger partial charge on any atom is -0.508 e. The number of aliphatic carboxylic acids is 2. The molecule has 1 aromatic carbocycles. The minimum atomic E-state index is -1.27. The van der Waals surface area contributed by atoms with Crippen LogP contribution in [-0.2, 0) is 30.4 Å². The fraction of sp³-hybridized carbons (Fsp3) is 0.542. The second-order valence-electron chi connectivity index (χ2n) is 8.84. The van der Waals surface area contributed by atoms with Crippen LogP contribution in [0.25, 0.3) is 0 Å². The van der Waals surface area contributed by atoms with E-state index >= 15 is 0 Å². The van der Waals surface area contributed by atoms with E-state index in [2.05, 4.69) is 10.6 Å². The van der Waals surface area contributed by atoms with Crippen LogP contribution in [0.1, 0.15) is 37.7 Å². The van der Waals surface area contributed by atoms with Gasteiger partial charge in [0.05, 0.1) is 6.04 Å². The van der Waals surface area contributed by atoms with E-state index in [1.54, 1.807) is 12.1 Å². The number of carbonyl (C=O) groups is 5. The van der Waals surface area contributed by atoms with Gasteiger partial charge in [0.25, 0.3) is 0 Å². The second-order valence-corrected chi connectivity index (χ2v) is 9.83. The molecular weight excluding hydrogens is 504 g/mol. The van der Waals surface area contributed by atoms with Gasteiger partial charge in [0.15, 0.2) is 0 Å². The summed E-state index contributed by atoms with van der Waals surface area (Å²) in [6, 6.07) is 1.58. The Kier molecular flexibility index (Phi) is 11.7. The number of phenolic OH excluding ortho intramolecular Hbond substituents is 1. The number of rotatable bonds is 14. The first kappa shape index (κ1) is 29.9. The lowest BCUT2D eigenvalue weighted by atomic mass is 10.0. The number of hydrogen-bond acceptors (Lipinski definition) is 8. The second kappa shape index (κ2) is 14.4. The molecule has 0 saturated carbocycles. The van der Waals surface area contributed by atoms with E-state index < -0.39 is 60.2 Å². The summed E-state index contributed by atoms with van der Waals surface area (Å²) < 4.78 is 0. The number of carboxylic acid groups (broad SMARTS) is 2. The number of nitrogens with zero attached hydrogens (tertiary/aromatic N) is 1. The van der Waals surface area contributed by atoms with Gasteiger partial charge in [-0.15, -0.1) is 0 Å². The van der Waals surface area contributed by atoms with Crippen molar-refractivity contribution in [3.63, 3.8) is 0 Å². The minimum absolute atomic E-state index is 0.00963. The number of nitrogens with one attached hydrogen (secondary N) is 2. The van der Waals surface area contributed by atoms with Gasteiger partial charge in [0, 0.05) is 19.4 Å². The molecule has 1 heterocycles. The predicted octanol–water partition coefficient (Wildman–Crippen LogP) is -0.0749. The fourth-order valence-corrected chi connectivity index (χ4v) is 4.51. The first-order valence-electron chi connectivity index (χ1n) is 11.9. The highest BCUT2D eigenvalue weighted by Gasteiger charge is 2.38. The quantitative estimate of drug-likeness (QED) is 0.186. The summed E-state index contributed by atoms with van der Waals surface area (Å²) in [5.41, 5.74) is 6.48. The number of carbonyl (C=O) groups excluding carboxylic acids is 3. The SMILES string of the molecule is CSCCC(N)C(=O)NC(CCC(=O)O)C(=O)NC(Cc1ccc(O)cc1)C(=O)N1CCCC1C(=O)O. The Balaban J connectivity index is 2.26. The summed E-state index contributed by atoms with van der Waals surface area (Å²) in [5.74, 6) is -3.70. The van der Waals surface area contributed by atoms with E-state index in [1.807, 2.05) is 6.26 Å². The Hall–Kier alpha value is -3.32. The number of carboxylic acids is 2. The van der Waals surface area contributed by atoms with Gasteiger partial charge in [-0.2, -0.15) is 11.8 Å². The Morgan fingerprint density at radius 2 is 1.70 bits per heavy atom. The molecule has 12 nitrogen and oxygen atoms in total. The molecule has 204 valence electrons. The summed E-state index contributed by atoms with van der Waals surface area (Å²) in [4.78, 5) is 63.2. The first-order valence-corrected chi connectivity index (χ1v) is 13.3. The van der Waals surface area contributed by atoms with Gasteiger partial charge in [-0.3, -0.25) is 19.2 Å². The van der Waals surface area contributed by atoms with Crippen LogP contribution in [0.15, 0.2) is 24.3 Å². The van der Waals surface area contributed by atoms with Crippen LogP contribution in [0.3, 0.4) is 0 Å². The van der Waals surface area contributed by atoms with Crippen LogP contribution in [0, 0.1) is 0 Å². The van der Waals surface area contributed by atoms with Gasteiger partial charge in [-0.1, -0.05) is 12.1 Å². The molecule has 2 rings (SSSR count). The summed E-state index contributed by atoms with van der Waals surface area (Å²) >= 11 is 1.50. The zero-order chi connectivity index (χ0) is 27.5. The molecule has 0 bridgehead atoms. The third kappa shape index (κ3) is 9.25. The zero-order valence-corrected chi connectivity index (χ0v) is 21.4. The molecule has 1 aromatic rings. The van der Waals surface area contributed by atoms with Crippen molar-refractivity contribution in [2.75, 3.05) is 18.6 Å². The van der Waals surface area contributed by atoms with Crippen molar-refractivity contribution < 1.29 is 39.3 Å². The van der Waals surface area contributed by atoms with Gasteiger partial charge in [-0.25, -0.2) is 4.79 Å². The maximum Gasteiger partial charge on any atom is 0.326 e. The molecule has 4 unspecified atom stereocenters. The van der Waals surface area contributed by atoms with Crippen molar-refractivity contribution in [2.24, 2.45) is 5.73 Å². The molecule has 1 saturated heterocycles. The van der Waals surface area contributed by atoms with Crippen molar-refractivity contribution in [2.45, 2.75) is 62.7 Å². The molecule has 37 heavy (non-hydrogen) atoms. The Labute approximate surface area is 219 Å². The van der Waals surface area contributed by atoms with Crippen molar-refractivity contribution in [1.29, 1.82) is 0 Å². The van der Waals surface area contributed by atoms with Crippen molar-refractivity contribution in [3.8, 4) is 5.75 Å². The van der Waals surface area contributed by atoms with E-state index in [0.29, 0.717) is 24.2 Å². The van der Waals surface area contributed by atoms with Crippen LogP contribution in [-0.4, -0.2) is 92.6 Å². The number of nitrogens with two attached hydrogens (primary N) is 1. The van der Waals surface area contributed by atoms with Crippen LogP contribution in [0.5, 0.6) is 5.75 Å². The highest BCUT2D eigenvalue weighted by Crippen LogP contribution is 2.20. The highest BCUT2D eigenvalue weighted by atomic mass is 32.2. The Morgan fingerprint density at radius 1 is 1.05 bits per heavy atom. The third-order valence-electron chi connectivity index (χ3n) is 6.06. The summed E-state index contributed by atoms with van der Waals surface area (Å²) in [5, 5.41) is 33.3. The number of benzene rings is 1. The molecule has 4 atom stereocenters. The summed E-state index contributed by atoms with van der Waals surface area (Å²) in [7, 11) is 0. The maximum atomic E-state index is 13.4. The molecular formula is C24H34N4O8S. The molecule has 7 N–H and O–H groups in total. The van der Waals surface area contributed by atoms with Crippen molar-refractivity contribution in [3.05, 3.63) is 29.8 Å². The van der Waals surface area contributed by atoms with Crippen LogP contribution >= 0.6 is 11.8 Å². The molecule has 0 spiro atoms. The molecule has 13 heteroatoms. The molecule has 3 amide bonds. The lowest BCUT2D eigenvalue weighted by Crippen LogP contribution is -2.57. The number of thioether (sulfide) groups is 1. The van der Waals surface area contributed by atoms with Crippen LogP contribution < -0.4 is 16.4 Å². The molecule has 1 fully saturated rings. The smallest absolute Gasteiger partial charge is 0.326 e. The molecule has 0 aromatic heterocycles. The molecule has 0 radical (unpaired) electrons. The number of aromatic hydroxyl groups is 1. The monoisotopic (exact) mass is 538 g/mol. The van der Waals surface area contributed by atoms with E-state index in [1.165, 1.54) is 28.8 Å². The normalized spacial score (nSPS) is 17.5. The predicted molar refractivity (Wildman–Crippen MR) is 136 cm³/mol. The topological polar surface area (TPSA) is 199 Å².